The highest BCUT2D eigenvalue weighted by molar-refractivity contribution is 9.10. The van der Waals surface area contributed by atoms with Gasteiger partial charge in [-0.2, -0.15) is 0 Å². The third-order valence-electron chi connectivity index (χ3n) is 2.14. The number of carboxylic acids is 1. The van der Waals surface area contributed by atoms with Gasteiger partial charge in [-0.1, -0.05) is 27.5 Å². The van der Waals surface area contributed by atoms with Crippen molar-refractivity contribution in [3.05, 3.63) is 49.6 Å². The molecule has 1 N–H and O–H groups in total. The third kappa shape index (κ3) is 3.25. The van der Waals surface area contributed by atoms with Crippen molar-refractivity contribution in [2.75, 3.05) is 0 Å². The maximum atomic E-state index is 10.7. The topological polar surface area (TPSA) is 46.5 Å². The highest BCUT2D eigenvalue weighted by Gasteiger charge is 2.08. The van der Waals surface area contributed by atoms with Crippen molar-refractivity contribution in [3.8, 4) is 5.75 Å². The first-order valence-electron chi connectivity index (χ1n) is 4.96. The van der Waals surface area contributed by atoms with Crippen molar-refractivity contribution in [2.45, 2.75) is 6.61 Å². The number of aromatic carboxylic acids is 1. The highest BCUT2D eigenvalue weighted by atomic mass is 79.9. The summed E-state index contributed by atoms with van der Waals surface area (Å²) >= 11 is 10.5. The number of hydrogen-bond acceptors (Lipinski definition) is 3. The zero-order valence-electron chi connectivity index (χ0n) is 9.02. The standard InChI is InChI=1S/C12H8BrClO3S/c13-7-1-3-9(14)10(5-7)17-6-8-2-4-11(18-8)12(15)16/h1-5H,6H2,(H,15,16). The van der Waals surface area contributed by atoms with Gasteiger partial charge in [-0.05, 0) is 30.3 Å². The van der Waals surface area contributed by atoms with Crippen LogP contribution in [0.2, 0.25) is 5.02 Å². The van der Waals surface area contributed by atoms with Gasteiger partial charge in [0.1, 0.15) is 17.2 Å². The van der Waals surface area contributed by atoms with Gasteiger partial charge in [-0.15, -0.1) is 11.3 Å². The quantitative estimate of drug-likeness (QED) is 0.889. The number of carbonyl (C=O) groups is 1. The minimum Gasteiger partial charge on any atom is -0.486 e. The van der Waals surface area contributed by atoms with Crippen molar-refractivity contribution in [1.29, 1.82) is 0 Å². The van der Waals surface area contributed by atoms with Crippen LogP contribution in [0, 0.1) is 0 Å². The molecule has 0 atom stereocenters. The van der Waals surface area contributed by atoms with Crippen LogP contribution in [0.3, 0.4) is 0 Å². The lowest BCUT2D eigenvalue weighted by molar-refractivity contribution is 0.0702. The Bertz CT molecular complexity index is 582. The normalized spacial score (nSPS) is 10.3. The fourth-order valence-electron chi connectivity index (χ4n) is 1.31. The second-order valence-corrected chi connectivity index (χ2v) is 5.93. The molecule has 94 valence electrons. The molecule has 0 spiro atoms. The summed E-state index contributed by atoms with van der Waals surface area (Å²) in [6.45, 7) is 0.300. The largest absolute Gasteiger partial charge is 0.486 e. The first-order valence-corrected chi connectivity index (χ1v) is 6.95. The zero-order valence-corrected chi connectivity index (χ0v) is 12.2. The van der Waals surface area contributed by atoms with E-state index < -0.39 is 5.97 Å². The molecule has 0 radical (unpaired) electrons. The van der Waals surface area contributed by atoms with E-state index in [2.05, 4.69) is 15.9 Å². The Hall–Kier alpha value is -1.04. The van der Waals surface area contributed by atoms with Crippen LogP contribution in [0.15, 0.2) is 34.8 Å². The fourth-order valence-corrected chi connectivity index (χ4v) is 2.58. The number of carboxylic acid groups (broad SMARTS) is 1. The van der Waals surface area contributed by atoms with Gasteiger partial charge in [0.25, 0.3) is 0 Å². The minimum absolute atomic E-state index is 0.300. The van der Waals surface area contributed by atoms with E-state index in [9.17, 15) is 4.79 Å². The monoisotopic (exact) mass is 346 g/mol. The number of ether oxygens (including phenoxy) is 1. The Morgan fingerprint density at radius 1 is 1.39 bits per heavy atom. The Morgan fingerprint density at radius 2 is 2.17 bits per heavy atom. The molecule has 0 saturated carbocycles. The Kier molecular flexibility index (Phi) is 4.27. The summed E-state index contributed by atoms with van der Waals surface area (Å²) in [5, 5.41) is 9.33. The number of rotatable bonds is 4. The molecule has 2 rings (SSSR count). The maximum Gasteiger partial charge on any atom is 0.345 e. The molecule has 0 unspecified atom stereocenters. The molecular formula is C12H8BrClO3S. The van der Waals surface area contributed by atoms with Gasteiger partial charge in [0.2, 0.25) is 0 Å². The predicted octanol–water partition coefficient (Wildman–Crippen LogP) is 4.44. The molecule has 18 heavy (non-hydrogen) atoms. The van der Waals surface area contributed by atoms with E-state index >= 15 is 0 Å². The van der Waals surface area contributed by atoms with Crippen LogP contribution < -0.4 is 4.74 Å². The lowest BCUT2D eigenvalue weighted by Gasteiger charge is -2.06. The van der Waals surface area contributed by atoms with E-state index in [-0.39, 0.29) is 0 Å². The summed E-state index contributed by atoms with van der Waals surface area (Å²) in [7, 11) is 0. The summed E-state index contributed by atoms with van der Waals surface area (Å²) in [6, 6.07) is 8.63. The maximum absolute atomic E-state index is 10.7. The van der Waals surface area contributed by atoms with Crippen LogP contribution in [0.4, 0.5) is 0 Å². The Morgan fingerprint density at radius 3 is 2.83 bits per heavy atom. The van der Waals surface area contributed by atoms with Gasteiger partial charge in [0.15, 0.2) is 0 Å². The zero-order chi connectivity index (χ0) is 13.1. The second-order valence-electron chi connectivity index (χ2n) is 3.43. The number of thiophene rings is 1. The molecule has 1 heterocycles. The lowest BCUT2D eigenvalue weighted by Crippen LogP contribution is -1.93. The van der Waals surface area contributed by atoms with E-state index in [4.69, 9.17) is 21.4 Å². The van der Waals surface area contributed by atoms with Gasteiger partial charge in [-0.3, -0.25) is 0 Å². The summed E-state index contributed by atoms with van der Waals surface area (Å²) in [6.07, 6.45) is 0. The van der Waals surface area contributed by atoms with Crippen molar-refractivity contribution in [1.82, 2.24) is 0 Å². The third-order valence-corrected chi connectivity index (χ3v) is 3.99. The predicted molar refractivity (Wildman–Crippen MR) is 74.8 cm³/mol. The molecule has 6 heteroatoms. The highest BCUT2D eigenvalue weighted by Crippen LogP contribution is 2.29. The van der Waals surface area contributed by atoms with Gasteiger partial charge in [0, 0.05) is 9.35 Å². The van der Waals surface area contributed by atoms with Crippen LogP contribution in [-0.2, 0) is 6.61 Å². The molecule has 0 aliphatic carbocycles. The van der Waals surface area contributed by atoms with Crippen molar-refractivity contribution < 1.29 is 14.6 Å². The Labute approximate surface area is 121 Å². The fraction of sp³-hybridized carbons (Fsp3) is 0.0833. The van der Waals surface area contributed by atoms with Crippen LogP contribution in [0.1, 0.15) is 14.5 Å². The summed E-state index contributed by atoms with van der Waals surface area (Å²) in [4.78, 5) is 11.9. The molecular weight excluding hydrogens is 340 g/mol. The number of benzene rings is 1. The average molecular weight is 348 g/mol. The van der Waals surface area contributed by atoms with Crippen LogP contribution >= 0.6 is 38.9 Å². The van der Waals surface area contributed by atoms with E-state index in [1.807, 2.05) is 6.07 Å². The number of halogens is 2. The van der Waals surface area contributed by atoms with E-state index in [0.29, 0.717) is 22.3 Å². The second kappa shape index (κ2) is 5.73. The van der Waals surface area contributed by atoms with Gasteiger partial charge >= 0.3 is 5.97 Å². The van der Waals surface area contributed by atoms with Gasteiger partial charge in [0.05, 0.1) is 5.02 Å². The van der Waals surface area contributed by atoms with Crippen molar-refractivity contribution >= 4 is 44.8 Å². The first kappa shape index (κ1) is 13.4. The van der Waals surface area contributed by atoms with Gasteiger partial charge < -0.3 is 9.84 Å². The molecule has 0 aliphatic heterocycles. The summed E-state index contributed by atoms with van der Waals surface area (Å²) < 4.78 is 6.43. The molecule has 0 aliphatic rings. The minimum atomic E-state index is -0.924. The van der Waals surface area contributed by atoms with Crippen molar-refractivity contribution in [2.24, 2.45) is 0 Å². The first-order chi connectivity index (χ1) is 8.56. The molecule has 2 aromatic rings. The molecule has 0 bridgehead atoms. The summed E-state index contributed by atoms with van der Waals surface area (Å²) in [5.74, 6) is -0.358. The smallest absolute Gasteiger partial charge is 0.345 e. The molecule has 1 aromatic carbocycles. The van der Waals surface area contributed by atoms with Crippen LogP contribution in [-0.4, -0.2) is 11.1 Å². The Balaban J connectivity index is 2.06. The van der Waals surface area contributed by atoms with Gasteiger partial charge in [-0.25, -0.2) is 4.79 Å². The molecule has 1 aromatic heterocycles. The molecule has 0 fully saturated rings. The molecule has 3 nitrogen and oxygen atoms in total. The van der Waals surface area contributed by atoms with E-state index in [0.717, 1.165) is 9.35 Å². The molecule has 0 saturated heterocycles. The van der Waals surface area contributed by atoms with E-state index in [1.54, 1.807) is 24.3 Å². The average Bonchev–Trinajstić information content (AvgIpc) is 2.79. The van der Waals surface area contributed by atoms with Crippen molar-refractivity contribution in [3.63, 3.8) is 0 Å². The lowest BCUT2D eigenvalue weighted by atomic mass is 10.3. The van der Waals surface area contributed by atoms with E-state index in [1.165, 1.54) is 11.3 Å². The number of hydrogen-bond donors (Lipinski definition) is 1. The van der Waals surface area contributed by atoms with Crippen LogP contribution in [0.5, 0.6) is 5.75 Å². The SMILES string of the molecule is O=C(O)c1ccc(COc2cc(Br)ccc2Cl)s1. The summed E-state index contributed by atoms with van der Waals surface area (Å²) in [5.41, 5.74) is 0. The van der Waals surface area contributed by atoms with Crippen LogP contribution in [0.25, 0.3) is 0 Å². The molecule has 0 amide bonds.